The Bertz CT molecular complexity index is 855. The first-order valence-electron chi connectivity index (χ1n) is 7.88. The smallest absolute Gasteiger partial charge is 0.254 e. The molecule has 0 aromatic heterocycles. The van der Waals surface area contributed by atoms with Crippen molar-refractivity contribution in [1.29, 1.82) is 0 Å². The van der Waals surface area contributed by atoms with Crippen molar-refractivity contribution in [3.05, 3.63) is 47.0 Å². The van der Waals surface area contributed by atoms with E-state index < -0.39 is 0 Å². The van der Waals surface area contributed by atoms with Crippen molar-refractivity contribution >= 4 is 11.7 Å². The van der Waals surface area contributed by atoms with Crippen LogP contribution in [0.15, 0.2) is 30.3 Å². The molecule has 0 bridgehead atoms. The maximum atomic E-state index is 12.8. The minimum absolute atomic E-state index is 0.0114. The molecule has 1 amide bonds. The van der Waals surface area contributed by atoms with Gasteiger partial charge in [-0.2, -0.15) is 0 Å². The van der Waals surface area contributed by atoms with Gasteiger partial charge in [0.15, 0.2) is 17.3 Å². The molecule has 0 unspecified atom stereocenters. The van der Waals surface area contributed by atoms with Gasteiger partial charge < -0.3 is 14.4 Å². The highest BCUT2D eigenvalue weighted by atomic mass is 16.7. The summed E-state index contributed by atoms with van der Waals surface area (Å²) in [7, 11) is 1.80. The Morgan fingerprint density at radius 3 is 2.58 bits per heavy atom. The van der Waals surface area contributed by atoms with Gasteiger partial charge in [0.05, 0.1) is 5.56 Å². The number of amides is 1. The second-order valence-electron chi connectivity index (χ2n) is 6.13. The molecule has 2 aromatic rings. The van der Waals surface area contributed by atoms with Crippen molar-refractivity contribution in [2.45, 2.75) is 13.3 Å². The lowest BCUT2D eigenvalue weighted by Crippen LogP contribution is -2.34. The summed E-state index contributed by atoms with van der Waals surface area (Å²) in [6.45, 7) is 2.38. The van der Waals surface area contributed by atoms with Crippen LogP contribution in [0.5, 0.6) is 11.5 Å². The molecule has 5 heteroatoms. The first kappa shape index (κ1) is 14.8. The number of ether oxygens (including phenoxy) is 2. The zero-order chi connectivity index (χ0) is 16.8. The van der Waals surface area contributed by atoms with E-state index in [1.54, 1.807) is 24.1 Å². The SMILES string of the molecule is CC(=O)c1ccc(-c2c3c(cc4c2C(=O)N(C)CC4)OCO3)cc1. The molecule has 2 aliphatic rings. The van der Waals surface area contributed by atoms with Gasteiger partial charge in [-0.15, -0.1) is 0 Å². The quantitative estimate of drug-likeness (QED) is 0.798. The molecule has 0 aliphatic carbocycles. The average Bonchev–Trinajstić information content (AvgIpc) is 3.04. The van der Waals surface area contributed by atoms with Crippen molar-refractivity contribution in [3.63, 3.8) is 0 Å². The molecule has 0 spiro atoms. The molecule has 2 aromatic carbocycles. The first-order valence-corrected chi connectivity index (χ1v) is 7.88. The number of hydrogen-bond acceptors (Lipinski definition) is 4. The van der Waals surface area contributed by atoms with Crippen molar-refractivity contribution in [2.24, 2.45) is 0 Å². The first-order chi connectivity index (χ1) is 11.6. The number of carbonyl (C=O) groups excluding carboxylic acids is 2. The molecular formula is C19H17NO4. The lowest BCUT2D eigenvalue weighted by Gasteiger charge is -2.27. The molecule has 4 rings (SSSR count). The van der Waals surface area contributed by atoms with Gasteiger partial charge >= 0.3 is 0 Å². The summed E-state index contributed by atoms with van der Waals surface area (Å²) in [4.78, 5) is 26.0. The lowest BCUT2D eigenvalue weighted by atomic mass is 9.89. The zero-order valence-corrected chi connectivity index (χ0v) is 13.6. The van der Waals surface area contributed by atoms with Crippen LogP contribution in [0.3, 0.4) is 0 Å². The van der Waals surface area contributed by atoms with Crippen LogP contribution in [0.1, 0.15) is 33.2 Å². The molecule has 24 heavy (non-hydrogen) atoms. The topological polar surface area (TPSA) is 55.8 Å². The van der Waals surface area contributed by atoms with Gasteiger partial charge in [0.25, 0.3) is 5.91 Å². The summed E-state index contributed by atoms with van der Waals surface area (Å²) >= 11 is 0. The molecule has 0 atom stereocenters. The molecule has 122 valence electrons. The predicted molar refractivity (Wildman–Crippen MR) is 88.7 cm³/mol. The van der Waals surface area contributed by atoms with Gasteiger partial charge in [-0.3, -0.25) is 9.59 Å². The van der Waals surface area contributed by atoms with Crippen LogP contribution in [0, 0.1) is 0 Å². The van der Waals surface area contributed by atoms with Crippen molar-refractivity contribution in [1.82, 2.24) is 4.90 Å². The molecule has 0 fully saturated rings. The van der Waals surface area contributed by atoms with Crippen LogP contribution in [-0.2, 0) is 6.42 Å². The number of ketones is 1. The normalized spacial score (nSPS) is 15.4. The van der Waals surface area contributed by atoms with Crippen LogP contribution in [-0.4, -0.2) is 37.0 Å². The maximum Gasteiger partial charge on any atom is 0.254 e. The fraction of sp³-hybridized carbons (Fsp3) is 0.263. The van der Waals surface area contributed by atoms with Gasteiger partial charge in [0.1, 0.15) is 0 Å². The summed E-state index contributed by atoms with van der Waals surface area (Å²) in [5, 5.41) is 0. The summed E-state index contributed by atoms with van der Waals surface area (Å²) in [5.41, 5.74) is 3.89. The number of fused-ring (bicyclic) bond motifs is 2. The van der Waals surface area contributed by atoms with Gasteiger partial charge in [0, 0.05) is 24.7 Å². The monoisotopic (exact) mass is 323 g/mol. The third kappa shape index (κ3) is 2.16. The van der Waals surface area contributed by atoms with Crippen molar-refractivity contribution < 1.29 is 19.1 Å². The van der Waals surface area contributed by atoms with E-state index in [-0.39, 0.29) is 18.5 Å². The second kappa shape index (κ2) is 5.37. The number of rotatable bonds is 2. The Kier molecular flexibility index (Phi) is 3.30. The van der Waals surface area contributed by atoms with Crippen LogP contribution in [0.2, 0.25) is 0 Å². The van der Waals surface area contributed by atoms with E-state index in [0.29, 0.717) is 29.2 Å². The van der Waals surface area contributed by atoms with E-state index >= 15 is 0 Å². The number of benzene rings is 2. The Morgan fingerprint density at radius 2 is 1.88 bits per heavy atom. The molecule has 2 heterocycles. The van der Waals surface area contributed by atoms with Crippen LogP contribution >= 0.6 is 0 Å². The minimum atomic E-state index is -0.0137. The second-order valence-corrected chi connectivity index (χ2v) is 6.13. The molecule has 0 radical (unpaired) electrons. The highest BCUT2D eigenvalue weighted by Gasteiger charge is 2.32. The van der Waals surface area contributed by atoms with Gasteiger partial charge in [-0.1, -0.05) is 24.3 Å². The van der Waals surface area contributed by atoms with E-state index in [9.17, 15) is 9.59 Å². The third-order valence-corrected chi connectivity index (χ3v) is 4.60. The van der Waals surface area contributed by atoms with Crippen molar-refractivity contribution in [3.8, 4) is 22.6 Å². The van der Waals surface area contributed by atoms with Crippen LogP contribution in [0.4, 0.5) is 0 Å². The Hall–Kier alpha value is -2.82. The third-order valence-electron chi connectivity index (χ3n) is 4.60. The van der Waals surface area contributed by atoms with E-state index in [2.05, 4.69) is 0 Å². The number of likely N-dealkylation sites (N-methyl/N-ethyl adjacent to an activating group) is 1. The number of carbonyl (C=O) groups is 2. The lowest BCUT2D eigenvalue weighted by molar-refractivity contribution is 0.0781. The molecular weight excluding hydrogens is 306 g/mol. The van der Waals surface area contributed by atoms with Crippen LogP contribution in [0.25, 0.3) is 11.1 Å². The fourth-order valence-corrected chi connectivity index (χ4v) is 3.26. The standard InChI is InChI=1S/C19H17NO4/c1-11(21)12-3-5-13(6-4-12)16-17-14(7-8-20(2)19(17)22)9-15-18(16)24-10-23-15/h3-6,9H,7-8,10H2,1-2H3. The summed E-state index contributed by atoms with van der Waals surface area (Å²) < 4.78 is 11.2. The van der Waals surface area contributed by atoms with E-state index in [0.717, 1.165) is 23.1 Å². The highest BCUT2D eigenvalue weighted by Crippen LogP contribution is 2.46. The average molecular weight is 323 g/mol. The minimum Gasteiger partial charge on any atom is -0.454 e. The predicted octanol–water partition coefficient (Wildman–Crippen LogP) is 2.91. The number of Topliss-reactive ketones (excluding diaryl/α,β-unsaturated/α-hetero) is 1. The number of hydrogen-bond donors (Lipinski definition) is 0. The van der Waals surface area contributed by atoms with Gasteiger partial charge in [-0.25, -0.2) is 0 Å². The summed E-state index contributed by atoms with van der Waals surface area (Å²) in [6, 6.07) is 9.18. The van der Waals surface area contributed by atoms with E-state index in [1.165, 1.54) is 6.92 Å². The highest BCUT2D eigenvalue weighted by molar-refractivity contribution is 6.05. The van der Waals surface area contributed by atoms with Crippen LogP contribution < -0.4 is 9.47 Å². The number of nitrogens with zero attached hydrogens (tertiary/aromatic N) is 1. The maximum absolute atomic E-state index is 12.8. The molecule has 5 nitrogen and oxygen atoms in total. The van der Waals surface area contributed by atoms with Gasteiger partial charge in [0.2, 0.25) is 6.79 Å². The molecule has 0 N–H and O–H groups in total. The van der Waals surface area contributed by atoms with E-state index in [4.69, 9.17) is 9.47 Å². The molecule has 0 saturated carbocycles. The largest absolute Gasteiger partial charge is 0.454 e. The molecule has 0 saturated heterocycles. The van der Waals surface area contributed by atoms with Crippen molar-refractivity contribution in [2.75, 3.05) is 20.4 Å². The molecule has 2 aliphatic heterocycles. The summed E-state index contributed by atoms with van der Waals surface area (Å²) in [6.07, 6.45) is 0.784. The fourth-order valence-electron chi connectivity index (χ4n) is 3.26. The van der Waals surface area contributed by atoms with Gasteiger partial charge in [-0.05, 0) is 30.5 Å². The summed E-state index contributed by atoms with van der Waals surface area (Å²) in [5.74, 6) is 1.28. The van der Waals surface area contributed by atoms with E-state index in [1.807, 2.05) is 18.2 Å². The Morgan fingerprint density at radius 1 is 1.12 bits per heavy atom. The zero-order valence-electron chi connectivity index (χ0n) is 13.6. The Labute approximate surface area is 139 Å². The Balaban J connectivity index is 1.95.